The van der Waals surface area contributed by atoms with E-state index in [4.69, 9.17) is 4.74 Å². The van der Waals surface area contributed by atoms with Gasteiger partial charge in [-0.1, -0.05) is 166 Å². The summed E-state index contributed by atoms with van der Waals surface area (Å²) in [5.41, 5.74) is 4.69. The smallest absolute Gasteiger partial charge is 0.338 e. The molecule has 2 N–H and O–H groups in total. The molecule has 0 bridgehead atoms. The summed E-state index contributed by atoms with van der Waals surface area (Å²) in [4.78, 5) is 13.2. The molecule has 4 heteroatoms. The zero-order valence-electron chi connectivity index (χ0n) is 32.3. The lowest BCUT2D eigenvalue weighted by Gasteiger charge is -2.18. The van der Waals surface area contributed by atoms with E-state index in [1.165, 1.54) is 145 Å². The van der Waals surface area contributed by atoms with Crippen LogP contribution in [0.5, 0.6) is 0 Å². The molecule has 0 fully saturated rings. The highest BCUT2D eigenvalue weighted by atomic mass is 16.5. The van der Waals surface area contributed by atoms with Gasteiger partial charge >= 0.3 is 5.97 Å². The number of aliphatic hydroxyl groups excluding tert-OH is 2. The van der Waals surface area contributed by atoms with Crippen molar-refractivity contribution in [2.45, 2.75) is 186 Å². The lowest BCUT2D eigenvalue weighted by atomic mass is 9.88. The van der Waals surface area contributed by atoms with Gasteiger partial charge in [-0.2, -0.15) is 0 Å². The molecule has 1 rings (SSSR count). The van der Waals surface area contributed by atoms with Crippen molar-refractivity contribution in [1.29, 1.82) is 0 Å². The number of aryl methyl sites for hydroxylation is 2. The first kappa shape index (κ1) is 45.6. The van der Waals surface area contributed by atoms with Crippen molar-refractivity contribution in [3.05, 3.63) is 84.0 Å². The van der Waals surface area contributed by atoms with Gasteiger partial charge in [-0.25, -0.2) is 4.79 Å². The van der Waals surface area contributed by atoms with Crippen LogP contribution in [-0.2, 0) is 24.0 Å². The molecule has 0 aliphatic rings. The molecule has 284 valence electrons. The summed E-state index contributed by atoms with van der Waals surface area (Å²) in [6.45, 7) is 9.16. The number of rotatable bonds is 35. The molecule has 0 aliphatic heterocycles. The van der Waals surface area contributed by atoms with Gasteiger partial charge in [0.1, 0.15) is 12.7 Å². The lowest BCUT2D eigenvalue weighted by molar-refractivity contribution is 0.00931. The fourth-order valence-electron chi connectivity index (χ4n) is 6.73. The minimum Gasteiger partial charge on any atom is -0.459 e. The third-order valence-corrected chi connectivity index (χ3v) is 9.75. The predicted octanol–water partition coefficient (Wildman–Crippen LogP) is 12.7. The highest BCUT2D eigenvalue weighted by Crippen LogP contribution is 2.26. The largest absolute Gasteiger partial charge is 0.459 e. The Bertz CT molecular complexity index is 984. The van der Waals surface area contributed by atoms with Crippen molar-refractivity contribution in [3.8, 4) is 0 Å². The second-order valence-corrected chi connectivity index (χ2v) is 14.3. The highest BCUT2D eigenvalue weighted by Gasteiger charge is 2.17. The van der Waals surface area contributed by atoms with Gasteiger partial charge < -0.3 is 14.9 Å². The molecule has 0 spiro atoms. The average Bonchev–Trinajstić information content (AvgIpc) is 3.13. The maximum Gasteiger partial charge on any atom is 0.338 e. The van der Waals surface area contributed by atoms with Crippen LogP contribution in [0.25, 0.3) is 0 Å². The summed E-state index contributed by atoms with van der Waals surface area (Å²) < 4.78 is 5.44. The number of hydrogen-bond donors (Lipinski definition) is 2. The zero-order valence-corrected chi connectivity index (χ0v) is 32.3. The van der Waals surface area contributed by atoms with Crippen LogP contribution in [0, 0.1) is 0 Å². The summed E-state index contributed by atoms with van der Waals surface area (Å²) >= 11 is 0. The summed E-state index contributed by atoms with van der Waals surface area (Å²) in [5, 5.41) is 19.0. The van der Waals surface area contributed by atoms with Crippen molar-refractivity contribution < 1.29 is 19.7 Å². The van der Waals surface area contributed by atoms with E-state index in [9.17, 15) is 15.0 Å². The molecule has 0 heterocycles. The Morgan fingerprint density at radius 3 is 1.46 bits per heavy atom. The van der Waals surface area contributed by atoms with E-state index in [0.717, 1.165) is 44.9 Å². The highest BCUT2D eigenvalue weighted by molar-refractivity contribution is 5.90. The van der Waals surface area contributed by atoms with Crippen LogP contribution >= 0.6 is 0 Å². The van der Waals surface area contributed by atoms with Crippen LogP contribution in [0.1, 0.15) is 188 Å². The third-order valence-electron chi connectivity index (χ3n) is 9.75. The Balaban J connectivity index is 2.92. The molecule has 1 unspecified atom stereocenters. The van der Waals surface area contributed by atoms with Crippen LogP contribution < -0.4 is 0 Å². The molecule has 0 aliphatic carbocycles. The van der Waals surface area contributed by atoms with Gasteiger partial charge in [-0.3, -0.25) is 0 Å². The normalized spacial score (nSPS) is 12.2. The molecule has 0 aromatic heterocycles. The Hall–Kier alpha value is -2.43. The van der Waals surface area contributed by atoms with Gasteiger partial charge in [0.2, 0.25) is 0 Å². The van der Waals surface area contributed by atoms with E-state index in [1.807, 2.05) is 24.3 Å². The number of ether oxygens (including phenoxy) is 1. The van der Waals surface area contributed by atoms with E-state index in [2.05, 4.69) is 44.4 Å². The van der Waals surface area contributed by atoms with Crippen molar-refractivity contribution in [2.75, 3.05) is 13.2 Å². The Kier molecular flexibility index (Phi) is 30.7. The average molecular weight is 693 g/mol. The quantitative estimate of drug-likeness (QED) is 0.0422. The van der Waals surface area contributed by atoms with Gasteiger partial charge in [0, 0.05) is 0 Å². The second kappa shape index (κ2) is 33.7. The maximum absolute atomic E-state index is 13.2. The lowest BCUT2D eigenvalue weighted by Crippen LogP contribution is -2.22. The number of allylic oxidation sites excluding steroid dienone is 6. The number of carbonyl (C=O) groups is 1. The summed E-state index contributed by atoms with van der Waals surface area (Å²) in [5.74, 6) is -0.401. The van der Waals surface area contributed by atoms with Crippen molar-refractivity contribution in [2.24, 2.45) is 0 Å². The molecule has 0 saturated carbocycles. The van der Waals surface area contributed by atoms with Crippen molar-refractivity contribution in [3.63, 3.8) is 0 Å². The number of esters is 1. The first-order valence-corrected chi connectivity index (χ1v) is 20.7. The molecule has 4 nitrogen and oxygen atoms in total. The summed E-state index contributed by atoms with van der Waals surface area (Å²) in [7, 11) is 0. The standard InChI is InChI=1S/C46H76O4/c1-4-7-10-13-16-19-22-25-28-31-34-41-37-43(46(49)50-40-44(48)39-47)38-42(35-32-29-26-23-20-17-14-11-8-5-2)45(41)36-33-30-27-24-21-18-15-12-9-6-3/h4-5,7-8,10-11,37-38,44,47-48H,1-2,6,9,12-36,39-40H2,3H3/b10-7+,11-8+. The van der Waals surface area contributed by atoms with Crippen LogP contribution in [-0.4, -0.2) is 35.5 Å². The number of aliphatic hydroxyl groups is 2. The van der Waals surface area contributed by atoms with E-state index in [-0.39, 0.29) is 6.61 Å². The monoisotopic (exact) mass is 693 g/mol. The molecule has 50 heavy (non-hydrogen) atoms. The Morgan fingerprint density at radius 2 is 1.04 bits per heavy atom. The van der Waals surface area contributed by atoms with Gasteiger partial charge in [0.25, 0.3) is 0 Å². The maximum atomic E-state index is 13.2. The minimum absolute atomic E-state index is 0.187. The van der Waals surface area contributed by atoms with Crippen LogP contribution in [0.3, 0.4) is 0 Å². The molecule has 1 aromatic carbocycles. The van der Waals surface area contributed by atoms with Crippen LogP contribution in [0.4, 0.5) is 0 Å². The molecule has 0 amide bonds. The Morgan fingerprint density at radius 1 is 0.640 bits per heavy atom. The summed E-state index contributed by atoms with van der Waals surface area (Å²) in [6.07, 6.45) is 44.4. The fraction of sp³-hybridized carbons (Fsp3) is 0.674. The SMILES string of the molecule is C=C/C=C/CCCCCCCCc1cc(C(=O)OCC(O)CO)cc(CCCCCCCC/C=C/C=C)c1CCCCCCCCCCCC. The predicted molar refractivity (Wildman–Crippen MR) is 216 cm³/mol. The van der Waals surface area contributed by atoms with E-state index in [1.54, 1.807) is 0 Å². The van der Waals surface area contributed by atoms with E-state index < -0.39 is 18.7 Å². The van der Waals surface area contributed by atoms with Gasteiger partial charge in [-0.15, -0.1) is 0 Å². The first-order chi connectivity index (χ1) is 24.6. The molecular formula is C46H76O4. The number of unbranched alkanes of at least 4 members (excludes halogenated alkanes) is 21. The van der Waals surface area contributed by atoms with Crippen LogP contribution in [0.2, 0.25) is 0 Å². The van der Waals surface area contributed by atoms with Crippen molar-refractivity contribution in [1.82, 2.24) is 0 Å². The van der Waals surface area contributed by atoms with Crippen LogP contribution in [0.15, 0.2) is 61.7 Å². The number of hydrogen-bond acceptors (Lipinski definition) is 4. The van der Waals surface area contributed by atoms with Gasteiger partial charge in [0.15, 0.2) is 0 Å². The van der Waals surface area contributed by atoms with E-state index >= 15 is 0 Å². The minimum atomic E-state index is -1.05. The second-order valence-electron chi connectivity index (χ2n) is 14.3. The van der Waals surface area contributed by atoms with E-state index in [0.29, 0.717) is 5.56 Å². The van der Waals surface area contributed by atoms with Gasteiger partial charge in [-0.05, 0) is 93.0 Å². The molecule has 0 saturated heterocycles. The zero-order chi connectivity index (χ0) is 36.3. The number of benzene rings is 1. The molecule has 1 aromatic rings. The summed E-state index contributed by atoms with van der Waals surface area (Å²) in [6, 6.07) is 4.16. The molecule has 0 radical (unpaired) electrons. The Labute approximate surface area is 308 Å². The fourth-order valence-corrected chi connectivity index (χ4v) is 6.73. The molecule has 1 atom stereocenters. The van der Waals surface area contributed by atoms with Gasteiger partial charge in [0.05, 0.1) is 12.2 Å². The van der Waals surface area contributed by atoms with Crippen molar-refractivity contribution >= 4 is 5.97 Å². The number of carbonyl (C=O) groups excluding carboxylic acids is 1. The first-order valence-electron chi connectivity index (χ1n) is 20.7. The topological polar surface area (TPSA) is 66.8 Å². The third kappa shape index (κ3) is 24.7. The molecular weight excluding hydrogens is 617 g/mol.